The van der Waals surface area contributed by atoms with E-state index < -0.39 is 0 Å². The van der Waals surface area contributed by atoms with E-state index in [1.54, 1.807) is 11.8 Å². The lowest BCUT2D eigenvalue weighted by molar-refractivity contribution is 0.608. The number of furan rings is 1. The number of hydrogen-bond donors (Lipinski definition) is 1. The van der Waals surface area contributed by atoms with Crippen molar-refractivity contribution in [3.63, 3.8) is 0 Å². The lowest BCUT2D eigenvalue weighted by atomic mass is 10.1. The number of nitrogens with one attached hydrogen (secondary N) is 1. The summed E-state index contributed by atoms with van der Waals surface area (Å²) in [5.74, 6) is 0. The third-order valence-corrected chi connectivity index (χ3v) is 4.44. The van der Waals surface area contributed by atoms with Crippen LogP contribution in [0.5, 0.6) is 0 Å². The van der Waals surface area contributed by atoms with Crippen LogP contribution in [-0.4, -0.2) is 13.6 Å². The summed E-state index contributed by atoms with van der Waals surface area (Å²) in [6, 6.07) is 16.7. The van der Waals surface area contributed by atoms with E-state index in [1.807, 2.05) is 25.4 Å². The van der Waals surface area contributed by atoms with Crippen molar-refractivity contribution >= 4 is 22.7 Å². The molecule has 0 radical (unpaired) electrons. The average Bonchev–Trinajstić information content (AvgIpc) is 2.90. The molecule has 20 heavy (non-hydrogen) atoms. The second-order valence-electron chi connectivity index (χ2n) is 4.66. The van der Waals surface area contributed by atoms with Gasteiger partial charge in [0.2, 0.25) is 0 Å². The summed E-state index contributed by atoms with van der Waals surface area (Å²) in [5.41, 5.74) is 2.32. The van der Waals surface area contributed by atoms with Gasteiger partial charge in [-0.2, -0.15) is 0 Å². The number of para-hydroxylation sites is 1. The molecule has 3 rings (SSSR count). The summed E-state index contributed by atoms with van der Waals surface area (Å²) in [6.45, 7) is 0.990. The maximum absolute atomic E-state index is 5.61. The minimum Gasteiger partial charge on any atom is -0.463 e. The molecule has 102 valence electrons. The van der Waals surface area contributed by atoms with E-state index in [-0.39, 0.29) is 0 Å². The summed E-state index contributed by atoms with van der Waals surface area (Å²) < 4.78 is 5.61. The molecule has 0 bridgehead atoms. The molecule has 1 N–H and O–H groups in total. The van der Waals surface area contributed by atoms with E-state index in [0.29, 0.717) is 0 Å². The SMILES string of the molecule is CNCCc1ccccc1Sc1coc2ccccc12. The number of rotatable bonds is 5. The van der Waals surface area contributed by atoms with Crippen molar-refractivity contribution < 1.29 is 4.42 Å². The minimum atomic E-state index is 0.947. The molecule has 1 heterocycles. The summed E-state index contributed by atoms with van der Waals surface area (Å²) in [6.07, 6.45) is 2.89. The van der Waals surface area contributed by atoms with Gasteiger partial charge in [0.15, 0.2) is 0 Å². The predicted octanol–water partition coefficient (Wildman–Crippen LogP) is 4.35. The zero-order chi connectivity index (χ0) is 13.8. The molecule has 3 heteroatoms. The average molecular weight is 283 g/mol. The summed E-state index contributed by atoms with van der Waals surface area (Å²) in [7, 11) is 1.99. The van der Waals surface area contributed by atoms with Crippen LogP contribution in [0.3, 0.4) is 0 Å². The highest BCUT2D eigenvalue weighted by Gasteiger charge is 2.09. The summed E-state index contributed by atoms with van der Waals surface area (Å²) in [5, 5.41) is 4.39. The van der Waals surface area contributed by atoms with Gasteiger partial charge in [-0.25, -0.2) is 0 Å². The van der Waals surface area contributed by atoms with Gasteiger partial charge in [-0.15, -0.1) is 0 Å². The van der Waals surface area contributed by atoms with E-state index in [0.717, 1.165) is 18.5 Å². The Balaban J connectivity index is 1.91. The maximum Gasteiger partial charge on any atom is 0.135 e. The van der Waals surface area contributed by atoms with Gasteiger partial charge in [-0.3, -0.25) is 0 Å². The van der Waals surface area contributed by atoms with Crippen LogP contribution in [0.2, 0.25) is 0 Å². The van der Waals surface area contributed by atoms with Crippen LogP contribution >= 0.6 is 11.8 Å². The Bertz CT molecular complexity index is 705. The van der Waals surface area contributed by atoms with Crippen LogP contribution in [0, 0.1) is 0 Å². The first-order chi connectivity index (χ1) is 9.88. The molecular weight excluding hydrogens is 266 g/mol. The van der Waals surface area contributed by atoms with Crippen molar-refractivity contribution in [2.24, 2.45) is 0 Å². The fourth-order valence-corrected chi connectivity index (χ4v) is 3.28. The Labute approximate surface area is 123 Å². The molecule has 0 saturated heterocycles. The van der Waals surface area contributed by atoms with Crippen molar-refractivity contribution in [1.82, 2.24) is 5.32 Å². The van der Waals surface area contributed by atoms with Crippen LogP contribution in [0.1, 0.15) is 5.56 Å². The van der Waals surface area contributed by atoms with Crippen molar-refractivity contribution in [3.8, 4) is 0 Å². The first-order valence-corrected chi connectivity index (χ1v) is 7.57. The van der Waals surface area contributed by atoms with Crippen molar-refractivity contribution in [2.75, 3.05) is 13.6 Å². The Hall–Kier alpha value is -1.71. The van der Waals surface area contributed by atoms with Crippen LogP contribution in [0.25, 0.3) is 11.0 Å². The number of hydrogen-bond acceptors (Lipinski definition) is 3. The molecule has 0 amide bonds. The highest BCUT2D eigenvalue weighted by atomic mass is 32.2. The highest BCUT2D eigenvalue weighted by Crippen LogP contribution is 2.36. The number of benzene rings is 2. The Morgan fingerprint density at radius 1 is 1.00 bits per heavy atom. The van der Waals surface area contributed by atoms with Gasteiger partial charge in [0.1, 0.15) is 11.8 Å². The van der Waals surface area contributed by atoms with Gasteiger partial charge < -0.3 is 9.73 Å². The van der Waals surface area contributed by atoms with Gasteiger partial charge in [-0.05, 0) is 43.8 Å². The van der Waals surface area contributed by atoms with Crippen LogP contribution in [0.4, 0.5) is 0 Å². The number of fused-ring (bicyclic) bond motifs is 1. The number of likely N-dealkylation sites (N-methyl/N-ethyl adjacent to an activating group) is 1. The maximum atomic E-state index is 5.61. The molecule has 0 aliphatic carbocycles. The zero-order valence-electron chi connectivity index (χ0n) is 11.4. The Morgan fingerprint density at radius 2 is 1.80 bits per heavy atom. The largest absolute Gasteiger partial charge is 0.463 e. The molecule has 0 atom stereocenters. The van der Waals surface area contributed by atoms with Gasteiger partial charge >= 0.3 is 0 Å². The minimum absolute atomic E-state index is 0.947. The van der Waals surface area contributed by atoms with Gasteiger partial charge in [0.05, 0.1) is 4.90 Å². The van der Waals surface area contributed by atoms with Crippen LogP contribution < -0.4 is 5.32 Å². The molecule has 0 aliphatic rings. The van der Waals surface area contributed by atoms with E-state index in [4.69, 9.17) is 4.42 Å². The van der Waals surface area contributed by atoms with Crippen LogP contribution in [0.15, 0.2) is 69.0 Å². The molecule has 2 nitrogen and oxygen atoms in total. The fourth-order valence-electron chi connectivity index (χ4n) is 2.22. The molecule has 2 aromatic carbocycles. The van der Waals surface area contributed by atoms with E-state index in [2.05, 4.69) is 41.7 Å². The van der Waals surface area contributed by atoms with E-state index >= 15 is 0 Å². The van der Waals surface area contributed by atoms with Crippen LogP contribution in [-0.2, 0) is 6.42 Å². The normalized spacial score (nSPS) is 11.1. The van der Waals surface area contributed by atoms with Crippen molar-refractivity contribution in [1.29, 1.82) is 0 Å². The van der Waals surface area contributed by atoms with Gasteiger partial charge in [0.25, 0.3) is 0 Å². The second-order valence-corrected chi connectivity index (χ2v) is 5.74. The first-order valence-electron chi connectivity index (χ1n) is 6.75. The van der Waals surface area contributed by atoms with Crippen molar-refractivity contribution in [2.45, 2.75) is 16.2 Å². The van der Waals surface area contributed by atoms with E-state index in [1.165, 1.54) is 20.7 Å². The molecule has 0 spiro atoms. The molecule has 3 aromatic rings. The molecule has 0 aliphatic heterocycles. The third-order valence-electron chi connectivity index (χ3n) is 3.28. The lowest BCUT2D eigenvalue weighted by Gasteiger charge is -2.07. The predicted molar refractivity (Wildman–Crippen MR) is 84.4 cm³/mol. The van der Waals surface area contributed by atoms with Crippen molar-refractivity contribution in [3.05, 3.63) is 60.4 Å². The molecule has 0 unspecified atom stereocenters. The third kappa shape index (κ3) is 2.74. The van der Waals surface area contributed by atoms with Gasteiger partial charge in [0, 0.05) is 10.3 Å². The van der Waals surface area contributed by atoms with Gasteiger partial charge in [-0.1, -0.05) is 42.1 Å². The molecule has 0 fully saturated rings. The standard InChI is InChI=1S/C17H17NOS/c1-18-11-10-13-6-2-5-9-16(13)20-17-12-19-15-8-4-3-7-14(15)17/h2-9,12,18H,10-11H2,1H3. The molecular formula is C17H17NOS. The second kappa shape index (κ2) is 6.16. The molecule has 0 saturated carbocycles. The lowest BCUT2D eigenvalue weighted by Crippen LogP contribution is -2.10. The quantitative estimate of drug-likeness (QED) is 0.754. The zero-order valence-corrected chi connectivity index (χ0v) is 12.2. The Morgan fingerprint density at radius 3 is 2.70 bits per heavy atom. The summed E-state index contributed by atoms with van der Waals surface area (Å²) in [4.78, 5) is 2.48. The summed E-state index contributed by atoms with van der Waals surface area (Å²) >= 11 is 1.78. The Kier molecular flexibility index (Phi) is 4.09. The topological polar surface area (TPSA) is 25.2 Å². The first kappa shape index (κ1) is 13.3. The monoisotopic (exact) mass is 283 g/mol. The fraction of sp³-hybridized carbons (Fsp3) is 0.176. The molecule has 1 aromatic heterocycles. The highest BCUT2D eigenvalue weighted by molar-refractivity contribution is 7.99. The van der Waals surface area contributed by atoms with E-state index in [9.17, 15) is 0 Å². The smallest absolute Gasteiger partial charge is 0.135 e.